The number of benzodiazepines with no additional fused rings is 1. The Kier molecular flexibility index (Phi) is 6.53. The maximum Gasteiger partial charge on any atom is 0.321 e. The molecule has 0 spiro atoms. The Morgan fingerprint density at radius 2 is 1.70 bits per heavy atom. The van der Waals surface area contributed by atoms with Gasteiger partial charge in [0.05, 0.1) is 29.0 Å². The molecule has 2 heterocycles. The number of aliphatic imine (C=N–C) groups is 1. The van der Waals surface area contributed by atoms with Crippen LogP contribution in [0.25, 0.3) is 11.0 Å². The average Bonchev–Trinajstić information content (AvgIpc) is 3.33. The first kappa shape index (κ1) is 25.0. The summed E-state index contributed by atoms with van der Waals surface area (Å²) >= 11 is 0. The fourth-order valence-electron chi connectivity index (χ4n) is 4.80. The molecule has 4 aromatic carbocycles. The summed E-state index contributed by atoms with van der Waals surface area (Å²) in [7, 11) is 0. The molecule has 0 saturated carbocycles. The molecule has 3 amide bonds. The zero-order valence-corrected chi connectivity index (χ0v) is 21.6. The normalized spacial score (nSPS) is 14.8. The second-order valence-corrected chi connectivity index (χ2v) is 9.47. The number of H-pyrrole nitrogens is 1. The molecule has 8 nitrogen and oxygen atoms in total. The Hall–Kier alpha value is -5.31. The lowest BCUT2D eigenvalue weighted by Gasteiger charge is -2.24. The third-order valence-electron chi connectivity index (χ3n) is 6.63. The van der Waals surface area contributed by atoms with Crippen molar-refractivity contribution >= 4 is 40.1 Å². The van der Waals surface area contributed by atoms with E-state index in [4.69, 9.17) is 0 Å². The van der Waals surface area contributed by atoms with Crippen LogP contribution in [0.3, 0.4) is 0 Å². The van der Waals surface area contributed by atoms with E-state index in [-0.39, 0.29) is 17.8 Å². The number of fused-ring (bicyclic) bond motifs is 2. The predicted octanol–water partition coefficient (Wildman–Crippen LogP) is 5.54. The van der Waals surface area contributed by atoms with Gasteiger partial charge in [-0.05, 0) is 55.0 Å². The number of rotatable bonds is 5. The number of hydrogen-bond donors (Lipinski definition) is 3. The van der Waals surface area contributed by atoms with Crippen molar-refractivity contribution < 1.29 is 14.0 Å². The Balaban J connectivity index is 1.42. The summed E-state index contributed by atoms with van der Waals surface area (Å²) in [5.74, 6) is -0.419. The van der Waals surface area contributed by atoms with Gasteiger partial charge >= 0.3 is 6.03 Å². The lowest BCUT2D eigenvalue weighted by Crippen LogP contribution is -2.48. The molecule has 1 aliphatic rings. The molecule has 9 heteroatoms. The van der Waals surface area contributed by atoms with E-state index in [1.54, 1.807) is 48.5 Å². The van der Waals surface area contributed by atoms with E-state index in [1.165, 1.54) is 11.0 Å². The molecule has 198 valence electrons. The molecule has 40 heavy (non-hydrogen) atoms. The number of aromatic amines is 1. The van der Waals surface area contributed by atoms with E-state index < -0.39 is 23.9 Å². The van der Waals surface area contributed by atoms with Crippen LogP contribution in [0.1, 0.15) is 22.5 Å². The van der Waals surface area contributed by atoms with Crippen LogP contribution in [-0.4, -0.2) is 33.8 Å². The number of para-hydroxylation sites is 3. The van der Waals surface area contributed by atoms with E-state index >= 15 is 4.39 Å². The van der Waals surface area contributed by atoms with Crippen LogP contribution >= 0.6 is 0 Å². The van der Waals surface area contributed by atoms with E-state index in [1.807, 2.05) is 49.4 Å². The molecular formula is C31H25FN6O2. The summed E-state index contributed by atoms with van der Waals surface area (Å²) in [5, 5.41) is 5.45. The molecule has 6 rings (SSSR count). The highest BCUT2D eigenvalue weighted by atomic mass is 19.1. The number of nitrogens with one attached hydrogen (secondary N) is 3. The van der Waals surface area contributed by atoms with Gasteiger partial charge in [-0.2, -0.15) is 0 Å². The SMILES string of the molecule is Cc1cccc(NC(=O)N[C@@H]2N=C(c3ccccc3F)c3ccccc3N(Cc3nc4ccccc4[nH]3)C2=O)c1. The number of urea groups is 1. The fourth-order valence-corrected chi connectivity index (χ4v) is 4.80. The number of benzene rings is 4. The van der Waals surface area contributed by atoms with Crippen LogP contribution < -0.4 is 15.5 Å². The zero-order valence-electron chi connectivity index (χ0n) is 21.6. The van der Waals surface area contributed by atoms with Crippen molar-refractivity contribution in [2.24, 2.45) is 4.99 Å². The second kappa shape index (κ2) is 10.5. The molecule has 0 unspecified atom stereocenters. The molecule has 1 aromatic heterocycles. The molecule has 0 saturated heterocycles. The molecule has 1 aliphatic heterocycles. The number of nitrogens with zero attached hydrogens (tertiary/aromatic N) is 3. The van der Waals surface area contributed by atoms with Crippen molar-refractivity contribution in [3.63, 3.8) is 0 Å². The molecule has 0 bridgehead atoms. The number of halogens is 1. The first-order valence-electron chi connectivity index (χ1n) is 12.8. The molecule has 3 N–H and O–H groups in total. The minimum Gasteiger partial charge on any atom is -0.340 e. The van der Waals surface area contributed by atoms with Gasteiger partial charge in [0.1, 0.15) is 11.6 Å². The first-order chi connectivity index (χ1) is 19.5. The van der Waals surface area contributed by atoms with Gasteiger partial charge in [-0.15, -0.1) is 0 Å². The van der Waals surface area contributed by atoms with E-state index in [2.05, 4.69) is 25.6 Å². The van der Waals surface area contributed by atoms with Gasteiger partial charge in [0.25, 0.3) is 5.91 Å². The van der Waals surface area contributed by atoms with Crippen LogP contribution in [0, 0.1) is 12.7 Å². The quantitative estimate of drug-likeness (QED) is 0.277. The average molecular weight is 533 g/mol. The number of carbonyl (C=O) groups is 2. The number of hydrogen-bond acceptors (Lipinski definition) is 4. The van der Waals surface area contributed by atoms with Crippen molar-refractivity contribution in [2.75, 3.05) is 10.2 Å². The number of imidazole rings is 1. The second-order valence-electron chi connectivity index (χ2n) is 9.47. The van der Waals surface area contributed by atoms with Gasteiger partial charge < -0.3 is 20.5 Å². The standard InChI is InChI=1S/C31H25FN6O2/c1-19-9-8-10-20(17-19)33-31(40)37-29-30(39)38(18-27-34-24-14-5-6-15-25(24)35-27)26-16-7-3-12-22(26)28(36-29)21-11-2-4-13-23(21)32/h2-17,29H,18H2,1H3,(H,34,35)(H2,33,37,40)/t29-/m0/s1. The van der Waals surface area contributed by atoms with Gasteiger partial charge in [0.15, 0.2) is 0 Å². The number of carbonyl (C=O) groups excluding carboxylic acids is 2. The summed E-state index contributed by atoms with van der Waals surface area (Å²) in [5.41, 5.74) is 4.70. The van der Waals surface area contributed by atoms with Crippen molar-refractivity contribution in [2.45, 2.75) is 19.6 Å². The van der Waals surface area contributed by atoms with Gasteiger partial charge in [0.2, 0.25) is 6.17 Å². The molecule has 0 aliphatic carbocycles. The topological polar surface area (TPSA) is 102 Å². The Morgan fingerprint density at radius 1 is 0.950 bits per heavy atom. The van der Waals surface area contributed by atoms with Crippen LogP contribution in [0.2, 0.25) is 0 Å². The first-order valence-corrected chi connectivity index (χ1v) is 12.8. The van der Waals surface area contributed by atoms with Crippen molar-refractivity contribution in [3.8, 4) is 0 Å². The number of aromatic nitrogens is 2. The minimum absolute atomic E-state index is 0.0856. The van der Waals surface area contributed by atoms with Crippen LogP contribution in [0.5, 0.6) is 0 Å². The monoisotopic (exact) mass is 532 g/mol. The van der Waals surface area contributed by atoms with Gasteiger partial charge in [-0.1, -0.05) is 54.6 Å². The Bertz CT molecular complexity index is 1750. The predicted molar refractivity (Wildman–Crippen MR) is 153 cm³/mol. The van der Waals surface area contributed by atoms with Gasteiger partial charge in [-0.3, -0.25) is 4.79 Å². The molecule has 5 aromatic rings. The molecule has 0 fully saturated rings. The van der Waals surface area contributed by atoms with Crippen LogP contribution in [0.4, 0.5) is 20.6 Å². The third-order valence-corrected chi connectivity index (χ3v) is 6.63. The van der Waals surface area contributed by atoms with Crippen LogP contribution in [0.15, 0.2) is 102 Å². The highest BCUT2D eigenvalue weighted by Crippen LogP contribution is 2.30. The summed E-state index contributed by atoms with van der Waals surface area (Å²) in [6, 6.07) is 27.7. The largest absolute Gasteiger partial charge is 0.340 e. The van der Waals surface area contributed by atoms with Crippen molar-refractivity contribution in [1.29, 1.82) is 0 Å². The van der Waals surface area contributed by atoms with Crippen LogP contribution in [-0.2, 0) is 11.3 Å². The van der Waals surface area contributed by atoms with Gasteiger partial charge in [-0.25, -0.2) is 19.2 Å². The van der Waals surface area contributed by atoms with Crippen molar-refractivity contribution in [1.82, 2.24) is 15.3 Å². The summed E-state index contributed by atoms with van der Waals surface area (Å²) in [6.07, 6.45) is -1.34. The number of aryl methyl sites for hydroxylation is 1. The van der Waals surface area contributed by atoms with E-state index in [0.717, 1.165) is 16.6 Å². The highest BCUT2D eigenvalue weighted by molar-refractivity contribution is 6.20. The van der Waals surface area contributed by atoms with Crippen molar-refractivity contribution in [3.05, 3.63) is 125 Å². The van der Waals surface area contributed by atoms with E-state index in [0.29, 0.717) is 22.8 Å². The number of amides is 3. The minimum atomic E-state index is -1.34. The lowest BCUT2D eigenvalue weighted by atomic mass is 9.99. The third kappa shape index (κ3) is 4.92. The summed E-state index contributed by atoms with van der Waals surface area (Å²) < 4.78 is 15.1. The summed E-state index contributed by atoms with van der Waals surface area (Å²) in [4.78, 5) is 41.2. The number of anilines is 2. The fraction of sp³-hybridized carbons (Fsp3) is 0.0968. The Labute approximate surface area is 229 Å². The summed E-state index contributed by atoms with van der Waals surface area (Å²) in [6.45, 7) is 2.00. The maximum absolute atomic E-state index is 15.1. The van der Waals surface area contributed by atoms with E-state index in [9.17, 15) is 9.59 Å². The molecular weight excluding hydrogens is 507 g/mol. The molecule has 0 radical (unpaired) electrons. The lowest BCUT2D eigenvalue weighted by molar-refractivity contribution is -0.120. The van der Waals surface area contributed by atoms with Gasteiger partial charge in [0, 0.05) is 16.8 Å². The molecule has 1 atom stereocenters. The smallest absolute Gasteiger partial charge is 0.321 e. The maximum atomic E-state index is 15.1. The zero-order chi connectivity index (χ0) is 27.6. The Morgan fingerprint density at radius 3 is 2.50 bits per heavy atom. The highest BCUT2D eigenvalue weighted by Gasteiger charge is 2.34.